The predicted molar refractivity (Wildman–Crippen MR) is 67.0 cm³/mol. The van der Waals surface area contributed by atoms with Gasteiger partial charge in [-0.1, -0.05) is 0 Å². The topological polar surface area (TPSA) is 77.8 Å². The van der Waals surface area contributed by atoms with Gasteiger partial charge < -0.3 is 15.1 Å². The SMILES string of the molecule is CC(O)CCN(C)C(=O)C1CCC(C(=O)O)CC1. The Balaban J connectivity index is 2.37. The van der Waals surface area contributed by atoms with Crippen LogP contribution in [0.3, 0.4) is 0 Å². The zero-order valence-electron chi connectivity index (χ0n) is 11.1. The zero-order chi connectivity index (χ0) is 13.7. The quantitative estimate of drug-likeness (QED) is 0.773. The van der Waals surface area contributed by atoms with E-state index in [1.54, 1.807) is 18.9 Å². The number of aliphatic hydroxyl groups excluding tert-OH is 1. The van der Waals surface area contributed by atoms with Gasteiger partial charge in [-0.2, -0.15) is 0 Å². The maximum absolute atomic E-state index is 12.1. The highest BCUT2D eigenvalue weighted by Gasteiger charge is 2.30. The van der Waals surface area contributed by atoms with E-state index in [2.05, 4.69) is 0 Å². The van der Waals surface area contributed by atoms with Gasteiger partial charge in [0.25, 0.3) is 0 Å². The molecule has 18 heavy (non-hydrogen) atoms. The molecule has 0 radical (unpaired) electrons. The summed E-state index contributed by atoms with van der Waals surface area (Å²) in [5, 5.41) is 18.1. The van der Waals surface area contributed by atoms with Crippen molar-refractivity contribution in [1.82, 2.24) is 4.90 Å². The van der Waals surface area contributed by atoms with Gasteiger partial charge in [-0.05, 0) is 39.0 Å². The van der Waals surface area contributed by atoms with Crippen LogP contribution >= 0.6 is 0 Å². The summed E-state index contributed by atoms with van der Waals surface area (Å²) in [6.45, 7) is 2.26. The Hall–Kier alpha value is -1.10. The molecule has 0 bridgehead atoms. The van der Waals surface area contributed by atoms with Crippen LogP contribution in [-0.2, 0) is 9.59 Å². The highest BCUT2D eigenvalue weighted by atomic mass is 16.4. The van der Waals surface area contributed by atoms with Gasteiger partial charge in [0.15, 0.2) is 0 Å². The molecule has 1 fully saturated rings. The highest BCUT2D eigenvalue weighted by molar-refractivity contribution is 5.79. The number of carbonyl (C=O) groups excluding carboxylic acids is 1. The Morgan fingerprint density at radius 2 is 1.72 bits per heavy atom. The molecule has 2 N–H and O–H groups in total. The van der Waals surface area contributed by atoms with Crippen molar-refractivity contribution in [3.05, 3.63) is 0 Å². The third kappa shape index (κ3) is 4.29. The summed E-state index contributed by atoms with van der Waals surface area (Å²) in [5.74, 6) is -0.987. The molecule has 1 unspecified atom stereocenters. The molecule has 1 aliphatic rings. The van der Waals surface area contributed by atoms with E-state index in [9.17, 15) is 14.7 Å². The molecular formula is C13H23NO4. The van der Waals surface area contributed by atoms with Gasteiger partial charge in [0.05, 0.1) is 12.0 Å². The lowest BCUT2D eigenvalue weighted by Crippen LogP contribution is -2.37. The van der Waals surface area contributed by atoms with Crippen molar-refractivity contribution in [3.8, 4) is 0 Å². The molecule has 104 valence electrons. The summed E-state index contributed by atoms with van der Waals surface area (Å²) in [5.41, 5.74) is 0. The van der Waals surface area contributed by atoms with Crippen molar-refractivity contribution in [3.63, 3.8) is 0 Å². The van der Waals surface area contributed by atoms with E-state index in [4.69, 9.17) is 5.11 Å². The van der Waals surface area contributed by atoms with Gasteiger partial charge >= 0.3 is 5.97 Å². The van der Waals surface area contributed by atoms with Crippen LogP contribution in [0.25, 0.3) is 0 Å². The Labute approximate surface area is 108 Å². The number of carboxylic acids is 1. The molecule has 1 amide bonds. The Morgan fingerprint density at radius 1 is 1.22 bits per heavy atom. The average molecular weight is 257 g/mol. The van der Waals surface area contributed by atoms with Crippen LogP contribution in [0, 0.1) is 11.8 Å². The summed E-state index contributed by atoms with van der Waals surface area (Å²) < 4.78 is 0. The van der Waals surface area contributed by atoms with Crippen LogP contribution < -0.4 is 0 Å². The fourth-order valence-corrected chi connectivity index (χ4v) is 2.39. The first-order chi connectivity index (χ1) is 8.41. The highest BCUT2D eigenvalue weighted by Crippen LogP contribution is 2.30. The lowest BCUT2D eigenvalue weighted by atomic mass is 9.81. The predicted octanol–water partition coefficient (Wildman–Crippen LogP) is 1.11. The number of nitrogens with zero attached hydrogens (tertiary/aromatic N) is 1. The second kappa shape index (κ2) is 6.73. The minimum atomic E-state index is -0.747. The smallest absolute Gasteiger partial charge is 0.306 e. The van der Waals surface area contributed by atoms with Crippen molar-refractivity contribution >= 4 is 11.9 Å². The van der Waals surface area contributed by atoms with E-state index in [1.165, 1.54) is 0 Å². The van der Waals surface area contributed by atoms with Crippen LogP contribution in [-0.4, -0.2) is 46.7 Å². The van der Waals surface area contributed by atoms with Gasteiger partial charge in [0.2, 0.25) is 5.91 Å². The van der Waals surface area contributed by atoms with E-state index in [-0.39, 0.29) is 17.7 Å². The fourth-order valence-electron chi connectivity index (χ4n) is 2.39. The third-order valence-electron chi connectivity index (χ3n) is 3.68. The number of hydrogen-bond acceptors (Lipinski definition) is 3. The van der Waals surface area contributed by atoms with Crippen molar-refractivity contribution in [1.29, 1.82) is 0 Å². The number of carbonyl (C=O) groups is 2. The standard InChI is InChI=1S/C13H23NO4/c1-9(15)7-8-14(2)12(16)10-3-5-11(6-4-10)13(17)18/h9-11,15H,3-8H2,1-2H3,(H,17,18). The first-order valence-corrected chi connectivity index (χ1v) is 6.57. The molecule has 5 nitrogen and oxygen atoms in total. The Kier molecular flexibility index (Phi) is 5.59. The van der Waals surface area contributed by atoms with Crippen molar-refractivity contribution in [2.24, 2.45) is 11.8 Å². The van der Waals surface area contributed by atoms with Crippen LogP contribution in [0.2, 0.25) is 0 Å². The molecule has 1 rings (SSSR count). The molecule has 5 heteroatoms. The van der Waals surface area contributed by atoms with E-state index in [1.807, 2.05) is 0 Å². The number of amides is 1. The first-order valence-electron chi connectivity index (χ1n) is 6.57. The first kappa shape index (κ1) is 15.0. The van der Waals surface area contributed by atoms with E-state index in [0.717, 1.165) is 0 Å². The minimum Gasteiger partial charge on any atom is -0.481 e. The molecule has 0 saturated heterocycles. The van der Waals surface area contributed by atoms with Gasteiger partial charge in [0.1, 0.15) is 0 Å². The lowest BCUT2D eigenvalue weighted by Gasteiger charge is -2.29. The summed E-state index contributed by atoms with van der Waals surface area (Å²) in [4.78, 5) is 24.6. The van der Waals surface area contributed by atoms with E-state index < -0.39 is 12.1 Å². The van der Waals surface area contributed by atoms with E-state index in [0.29, 0.717) is 38.6 Å². The maximum Gasteiger partial charge on any atom is 0.306 e. The number of aliphatic hydroxyl groups is 1. The fraction of sp³-hybridized carbons (Fsp3) is 0.846. The molecule has 0 aromatic carbocycles. The second-order valence-corrected chi connectivity index (χ2v) is 5.28. The summed E-state index contributed by atoms with van der Waals surface area (Å²) >= 11 is 0. The third-order valence-corrected chi connectivity index (χ3v) is 3.68. The molecule has 0 heterocycles. The monoisotopic (exact) mass is 257 g/mol. The normalized spacial score (nSPS) is 25.5. The largest absolute Gasteiger partial charge is 0.481 e. The molecule has 1 atom stereocenters. The molecule has 0 aromatic heterocycles. The average Bonchev–Trinajstić information content (AvgIpc) is 2.35. The molecule has 0 aliphatic heterocycles. The molecule has 0 aromatic rings. The summed E-state index contributed by atoms with van der Waals surface area (Å²) in [7, 11) is 1.74. The minimum absolute atomic E-state index is 0.0420. The molecule has 1 saturated carbocycles. The van der Waals surface area contributed by atoms with Crippen LogP contribution in [0.4, 0.5) is 0 Å². The van der Waals surface area contributed by atoms with Crippen molar-refractivity contribution in [2.75, 3.05) is 13.6 Å². The van der Waals surface area contributed by atoms with Crippen LogP contribution in [0.1, 0.15) is 39.0 Å². The number of carboxylic acid groups (broad SMARTS) is 1. The van der Waals surface area contributed by atoms with Crippen molar-refractivity contribution in [2.45, 2.75) is 45.1 Å². The van der Waals surface area contributed by atoms with E-state index >= 15 is 0 Å². The molecule has 0 spiro atoms. The van der Waals surface area contributed by atoms with Gasteiger partial charge in [-0.3, -0.25) is 9.59 Å². The lowest BCUT2D eigenvalue weighted by molar-refractivity contribution is -0.145. The number of hydrogen-bond donors (Lipinski definition) is 2. The molecular weight excluding hydrogens is 234 g/mol. The van der Waals surface area contributed by atoms with Crippen molar-refractivity contribution < 1.29 is 19.8 Å². The zero-order valence-corrected chi connectivity index (χ0v) is 11.1. The Morgan fingerprint density at radius 3 is 2.17 bits per heavy atom. The number of aliphatic carboxylic acids is 1. The van der Waals surface area contributed by atoms with Gasteiger partial charge in [0, 0.05) is 19.5 Å². The maximum atomic E-state index is 12.1. The molecule has 1 aliphatic carbocycles. The summed E-state index contributed by atoms with van der Waals surface area (Å²) in [6.07, 6.45) is 2.69. The number of rotatable bonds is 5. The summed E-state index contributed by atoms with van der Waals surface area (Å²) in [6, 6.07) is 0. The second-order valence-electron chi connectivity index (χ2n) is 5.28. The van der Waals surface area contributed by atoms with Crippen LogP contribution in [0.5, 0.6) is 0 Å². The van der Waals surface area contributed by atoms with Gasteiger partial charge in [-0.15, -0.1) is 0 Å². The Bertz CT molecular complexity index is 295. The van der Waals surface area contributed by atoms with Gasteiger partial charge in [-0.25, -0.2) is 0 Å². The van der Waals surface area contributed by atoms with Crippen LogP contribution in [0.15, 0.2) is 0 Å².